The number of benzene rings is 1. The predicted molar refractivity (Wildman–Crippen MR) is 91.3 cm³/mol. The maximum atomic E-state index is 10.7. The van der Waals surface area contributed by atoms with Crippen LogP contribution in [0, 0.1) is 10.1 Å². The van der Waals surface area contributed by atoms with Crippen LogP contribution in [0.4, 0.5) is 17.1 Å². The average Bonchev–Trinajstić information content (AvgIpc) is 3.03. The number of non-ortho nitro benzene ring substituents is 1. The molecular weight excluding hydrogens is 310 g/mol. The monoisotopic (exact) mass is 331 g/mol. The first-order valence-electron chi connectivity index (χ1n) is 8.05. The zero-order valence-electron chi connectivity index (χ0n) is 13.3. The number of nitrogens with zero attached hydrogens (tertiary/aromatic N) is 4. The van der Waals surface area contributed by atoms with Gasteiger partial charge in [0.15, 0.2) is 0 Å². The van der Waals surface area contributed by atoms with Crippen molar-refractivity contribution >= 4 is 17.1 Å². The quantitative estimate of drug-likeness (QED) is 0.619. The topological polar surface area (TPSA) is 96.5 Å². The number of nitrogens with one attached hydrogen (secondary N) is 1. The number of aromatic nitrogens is 2. The molecule has 0 bridgehead atoms. The Hall–Kier alpha value is -2.61. The number of nitro groups is 1. The van der Waals surface area contributed by atoms with Crippen molar-refractivity contribution in [3.63, 3.8) is 0 Å². The van der Waals surface area contributed by atoms with Gasteiger partial charge in [0.05, 0.1) is 30.0 Å². The molecule has 1 aromatic heterocycles. The Morgan fingerprint density at radius 3 is 2.62 bits per heavy atom. The molecule has 0 unspecified atom stereocenters. The van der Waals surface area contributed by atoms with Gasteiger partial charge in [0.1, 0.15) is 0 Å². The average molecular weight is 331 g/mol. The molecule has 8 heteroatoms. The first kappa shape index (κ1) is 16.3. The van der Waals surface area contributed by atoms with E-state index in [2.05, 4.69) is 15.3 Å². The van der Waals surface area contributed by atoms with Gasteiger partial charge in [-0.2, -0.15) is 5.10 Å². The van der Waals surface area contributed by atoms with Gasteiger partial charge >= 0.3 is 0 Å². The summed E-state index contributed by atoms with van der Waals surface area (Å²) in [4.78, 5) is 12.6. The fourth-order valence-corrected chi connectivity index (χ4v) is 2.97. The molecule has 8 nitrogen and oxygen atoms in total. The van der Waals surface area contributed by atoms with Crippen molar-refractivity contribution in [3.05, 3.63) is 46.8 Å². The van der Waals surface area contributed by atoms with Crippen LogP contribution in [0.25, 0.3) is 0 Å². The molecule has 1 fully saturated rings. The molecule has 1 saturated heterocycles. The van der Waals surface area contributed by atoms with E-state index in [1.807, 2.05) is 18.3 Å². The predicted octanol–water partition coefficient (Wildman–Crippen LogP) is 1.86. The van der Waals surface area contributed by atoms with Gasteiger partial charge in [-0.1, -0.05) is 0 Å². The summed E-state index contributed by atoms with van der Waals surface area (Å²) >= 11 is 0. The largest absolute Gasteiger partial charge is 0.394 e. The highest BCUT2D eigenvalue weighted by atomic mass is 16.6. The van der Waals surface area contributed by atoms with Crippen molar-refractivity contribution in [2.75, 3.05) is 29.9 Å². The minimum Gasteiger partial charge on any atom is -0.394 e. The van der Waals surface area contributed by atoms with Crippen molar-refractivity contribution in [1.29, 1.82) is 0 Å². The minimum atomic E-state index is -0.378. The second kappa shape index (κ2) is 7.31. The van der Waals surface area contributed by atoms with Gasteiger partial charge in [-0.15, -0.1) is 0 Å². The van der Waals surface area contributed by atoms with E-state index in [4.69, 9.17) is 5.11 Å². The van der Waals surface area contributed by atoms with Crippen molar-refractivity contribution in [1.82, 2.24) is 9.78 Å². The van der Waals surface area contributed by atoms with Crippen molar-refractivity contribution in [2.24, 2.45) is 0 Å². The number of rotatable bonds is 6. The van der Waals surface area contributed by atoms with Crippen molar-refractivity contribution in [3.8, 4) is 0 Å². The van der Waals surface area contributed by atoms with E-state index < -0.39 is 0 Å². The van der Waals surface area contributed by atoms with E-state index in [9.17, 15) is 10.1 Å². The molecular formula is C16H21N5O3. The summed E-state index contributed by atoms with van der Waals surface area (Å²) < 4.78 is 1.72. The van der Waals surface area contributed by atoms with E-state index in [-0.39, 0.29) is 17.2 Å². The van der Waals surface area contributed by atoms with E-state index in [0.717, 1.165) is 37.3 Å². The third-order valence-electron chi connectivity index (χ3n) is 4.25. The molecule has 1 aliphatic rings. The van der Waals surface area contributed by atoms with Crippen LogP contribution in [0.2, 0.25) is 0 Å². The molecule has 1 aliphatic heterocycles. The molecule has 2 aromatic rings. The Kier molecular flexibility index (Phi) is 4.95. The lowest BCUT2D eigenvalue weighted by molar-refractivity contribution is -0.384. The summed E-state index contributed by atoms with van der Waals surface area (Å²) in [5.41, 5.74) is 2.11. The van der Waals surface area contributed by atoms with E-state index >= 15 is 0 Å². The van der Waals surface area contributed by atoms with Crippen molar-refractivity contribution in [2.45, 2.75) is 25.4 Å². The summed E-state index contributed by atoms with van der Waals surface area (Å²) in [6.45, 7) is 2.38. The molecule has 0 spiro atoms. The van der Waals surface area contributed by atoms with Crippen LogP contribution in [0.1, 0.15) is 12.8 Å². The molecule has 2 heterocycles. The van der Waals surface area contributed by atoms with Gasteiger partial charge in [0, 0.05) is 43.1 Å². The zero-order valence-corrected chi connectivity index (χ0v) is 13.3. The number of aliphatic hydroxyl groups is 1. The van der Waals surface area contributed by atoms with E-state index in [0.29, 0.717) is 12.6 Å². The number of nitro benzene ring substituents is 1. The molecule has 0 atom stereocenters. The third-order valence-corrected chi connectivity index (χ3v) is 4.25. The highest BCUT2D eigenvalue weighted by Crippen LogP contribution is 2.24. The minimum absolute atomic E-state index is 0.0781. The van der Waals surface area contributed by atoms with Gasteiger partial charge in [-0.05, 0) is 25.0 Å². The van der Waals surface area contributed by atoms with Crippen LogP contribution in [0.15, 0.2) is 36.7 Å². The lowest BCUT2D eigenvalue weighted by Gasteiger charge is -2.34. The summed E-state index contributed by atoms with van der Waals surface area (Å²) in [5, 5.41) is 27.3. The number of hydrogen-bond acceptors (Lipinski definition) is 6. The molecule has 0 saturated carbocycles. The van der Waals surface area contributed by atoms with Crippen LogP contribution in [0.5, 0.6) is 0 Å². The van der Waals surface area contributed by atoms with Gasteiger partial charge in [-0.25, -0.2) is 0 Å². The van der Waals surface area contributed by atoms with Crippen LogP contribution >= 0.6 is 0 Å². The fourth-order valence-electron chi connectivity index (χ4n) is 2.97. The lowest BCUT2D eigenvalue weighted by atomic mass is 10.0. The fraction of sp³-hybridized carbons (Fsp3) is 0.438. The second-order valence-corrected chi connectivity index (χ2v) is 5.89. The standard InChI is InChI=1S/C16H21N5O3/c22-10-9-20-12-14(11-17-20)18-13-5-7-19(8-6-13)15-1-3-16(4-2-15)21(23)24/h1-4,11-13,18,22H,5-10H2. The molecule has 0 radical (unpaired) electrons. The van der Waals surface area contributed by atoms with E-state index in [1.54, 1.807) is 23.0 Å². The smallest absolute Gasteiger partial charge is 0.269 e. The lowest BCUT2D eigenvalue weighted by Crippen LogP contribution is -2.39. The Balaban J connectivity index is 1.52. The van der Waals surface area contributed by atoms with Crippen LogP contribution in [-0.2, 0) is 6.54 Å². The molecule has 0 aliphatic carbocycles. The third kappa shape index (κ3) is 3.83. The van der Waals surface area contributed by atoms with Crippen LogP contribution in [0.3, 0.4) is 0 Å². The number of hydrogen-bond donors (Lipinski definition) is 2. The van der Waals surface area contributed by atoms with Gasteiger partial charge in [0.2, 0.25) is 0 Å². The van der Waals surface area contributed by atoms with Crippen molar-refractivity contribution < 1.29 is 10.0 Å². The van der Waals surface area contributed by atoms with Gasteiger partial charge in [-0.3, -0.25) is 14.8 Å². The first-order chi connectivity index (χ1) is 11.7. The summed E-state index contributed by atoms with van der Waals surface area (Å²) in [6.07, 6.45) is 5.65. The second-order valence-electron chi connectivity index (χ2n) is 5.89. The molecule has 1 aromatic carbocycles. The molecule has 2 N–H and O–H groups in total. The number of aliphatic hydroxyl groups excluding tert-OH is 1. The molecule has 0 amide bonds. The summed E-state index contributed by atoms with van der Waals surface area (Å²) in [7, 11) is 0. The highest BCUT2D eigenvalue weighted by molar-refractivity contribution is 5.51. The molecule has 24 heavy (non-hydrogen) atoms. The van der Waals surface area contributed by atoms with Gasteiger partial charge in [0.25, 0.3) is 5.69 Å². The Morgan fingerprint density at radius 2 is 2.00 bits per heavy atom. The molecule has 3 rings (SSSR count). The maximum Gasteiger partial charge on any atom is 0.269 e. The Bertz CT molecular complexity index is 677. The number of anilines is 2. The SMILES string of the molecule is O=[N+]([O-])c1ccc(N2CCC(Nc3cnn(CCO)c3)CC2)cc1. The van der Waals surface area contributed by atoms with Gasteiger partial charge < -0.3 is 15.3 Å². The number of piperidine rings is 1. The normalized spacial score (nSPS) is 15.5. The first-order valence-corrected chi connectivity index (χ1v) is 8.05. The Labute approximate surface area is 139 Å². The van der Waals surface area contributed by atoms with E-state index in [1.165, 1.54) is 0 Å². The Morgan fingerprint density at radius 1 is 1.29 bits per heavy atom. The summed E-state index contributed by atoms with van der Waals surface area (Å²) in [5.74, 6) is 0. The van der Waals surface area contributed by atoms with Crippen LogP contribution < -0.4 is 10.2 Å². The maximum absolute atomic E-state index is 10.7. The highest BCUT2D eigenvalue weighted by Gasteiger charge is 2.20. The molecule has 128 valence electrons. The zero-order chi connectivity index (χ0) is 16.9. The summed E-state index contributed by atoms with van der Waals surface area (Å²) in [6, 6.07) is 7.10. The van der Waals surface area contributed by atoms with Crippen LogP contribution in [-0.4, -0.2) is 45.5 Å².